The average Bonchev–Trinajstić information content (AvgIpc) is 3.03. The van der Waals surface area contributed by atoms with Crippen LogP contribution in [-0.4, -0.2) is 28.5 Å². The predicted molar refractivity (Wildman–Crippen MR) is 131 cm³/mol. The van der Waals surface area contributed by atoms with Crippen molar-refractivity contribution >= 4 is 40.6 Å². The molecule has 1 aliphatic carbocycles. The van der Waals surface area contributed by atoms with Crippen LogP contribution in [0.3, 0.4) is 0 Å². The van der Waals surface area contributed by atoms with Crippen LogP contribution in [0.2, 0.25) is 0 Å². The number of carbonyl (C=O) groups excluding carboxylic acids is 1. The predicted octanol–water partition coefficient (Wildman–Crippen LogP) is 6.63. The summed E-state index contributed by atoms with van der Waals surface area (Å²) in [5, 5.41) is 8.36. The van der Waals surface area contributed by atoms with Crippen LogP contribution in [0.4, 0.5) is 17.1 Å². The zero-order valence-electron chi connectivity index (χ0n) is 20.3. The van der Waals surface area contributed by atoms with E-state index in [2.05, 4.69) is 80.2 Å². The van der Waals surface area contributed by atoms with Gasteiger partial charge in [0.05, 0.1) is 10.7 Å². The number of aliphatic hydroxyl groups excluding tert-OH is 1. The molecule has 6 heteroatoms. The van der Waals surface area contributed by atoms with E-state index in [0.29, 0.717) is 0 Å². The van der Waals surface area contributed by atoms with Crippen LogP contribution in [0.1, 0.15) is 65.5 Å². The van der Waals surface area contributed by atoms with Crippen LogP contribution in [0.15, 0.2) is 45.9 Å². The first-order valence-corrected chi connectivity index (χ1v) is 11.8. The first-order chi connectivity index (χ1) is 14.9. The first kappa shape index (κ1) is 25.6. The van der Waals surface area contributed by atoms with E-state index in [1.807, 2.05) is 11.8 Å². The van der Waals surface area contributed by atoms with Gasteiger partial charge in [0.2, 0.25) is 0 Å². The van der Waals surface area contributed by atoms with Crippen molar-refractivity contribution in [2.75, 3.05) is 7.05 Å². The summed E-state index contributed by atoms with van der Waals surface area (Å²) in [7, 11) is 2.07. The number of hydrogen-bond acceptors (Lipinski definition) is 3. The Bertz CT molecular complexity index is 1250. The second-order valence-corrected chi connectivity index (χ2v) is 11.2. The fourth-order valence-electron chi connectivity index (χ4n) is 4.78. The quantitative estimate of drug-likeness (QED) is 0.141. The number of nitrogens with zero attached hydrogens (tertiary/aromatic N) is 2. The van der Waals surface area contributed by atoms with Crippen LogP contribution in [-0.2, 0) is 35.7 Å². The molecule has 0 spiro atoms. The molecule has 0 unspecified atom stereocenters. The van der Waals surface area contributed by atoms with E-state index in [4.69, 9.17) is 5.11 Å². The Morgan fingerprint density at radius 1 is 1.18 bits per heavy atom. The third kappa shape index (κ3) is 4.55. The Hall–Kier alpha value is -1.97. The van der Waals surface area contributed by atoms with Crippen molar-refractivity contribution in [1.82, 2.24) is 4.58 Å². The van der Waals surface area contributed by atoms with Gasteiger partial charge in [-0.2, -0.15) is 6.07 Å². The maximum atomic E-state index is 10.0. The van der Waals surface area contributed by atoms with Gasteiger partial charge in [0.1, 0.15) is 5.69 Å². The Balaban J connectivity index is 0.000000337. The number of para-hydroxylation sites is 1. The molecule has 33 heavy (non-hydrogen) atoms. The van der Waals surface area contributed by atoms with Gasteiger partial charge in [-0.25, -0.2) is 0 Å². The minimum Gasteiger partial charge on any atom is -0.512 e. The van der Waals surface area contributed by atoms with Crippen LogP contribution < -0.4 is 4.58 Å². The van der Waals surface area contributed by atoms with E-state index in [9.17, 15) is 4.79 Å². The van der Waals surface area contributed by atoms with Gasteiger partial charge in [-0.15, -0.1) is 29.0 Å². The minimum absolute atomic E-state index is 0. The van der Waals surface area contributed by atoms with E-state index in [-0.39, 0.29) is 42.5 Å². The first-order valence-electron chi connectivity index (χ1n) is 11.0. The topological polar surface area (TPSA) is 43.3 Å². The normalized spacial score (nSPS) is 18.3. The smallest absolute Gasteiger partial charge is 0.494 e. The van der Waals surface area contributed by atoms with Gasteiger partial charge >= 0.3 is 11.7 Å². The molecule has 0 atom stereocenters. The second kappa shape index (κ2) is 9.00. The maximum absolute atomic E-state index is 10.0. The van der Waals surface area contributed by atoms with Gasteiger partial charge in [0, 0.05) is 32.2 Å². The summed E-state index contributed by atoms with van der Waals surface area (Å²) in [6, 6.07) is 15.9. The van der Waals surface area contributed by atoms with Gasteiger partial charge in [0.25, 0.3) is 5.69 Å². The number of aliphatic hydroxyl groups is 1. The van der Waals surface area contributed by atoms with Gasteiger partial charge < -0.3 is 5.11 Å². The van der Waals surface area contributed by atoms with Crippen molar-refractivity contribution in [3.05, 3.63) is 53.3 Å². The van der Waals surface area contributed by atoms with Gasteiger partial charge in [-0.1, -0.05) is 54.7 Å². The summed E-state index contributed by atoms with van der Waals surface area (Å²) < 4.78 is 4.31. The SMILES string of the molecule is CC(=O)/C=C(/C)O.C[N+]1=C=[N+]2c3[c-]cc4c(c3Sc3cccc1c32)C(C)(C)CCC4(C)C.[Ir]. The molecule has 0 bridgehead atoms. The van der Waals surface area contributed by atoms with Crippen molar-refractivity contribution in [3.63, 3.8) is 0 Å². The number of hydrogen-bond donors (Lipinski definition) is 1. The molecule has 175 valence electrons. The Kier molecular flexibility index (Phi) is 6.99. The number of allylic oxidation sites excluding steroid dienone is 2. The minimum atomic E-state index is -0.125. The summed E-state index contributed by atoms with van der Waals surface area (Å²) in [4.78, 5) is 12.7. The van der Waals surface area contributed by atoms with E-state index in [0.717, 1.165) is 0 Å². The molecule has 0 amide bonds. The van der Waals surface area contributed by atoms with Crippen molar-refractivity contribution in [1.29, 1.82) is 0 Å². The Morgan fingerprint density at radius 3 is 2.45 bits per heavy atom. The van der Waals surface area contributed by atoms with Crippen molar-refractivity contribution in [2.45, 2.75) is 75.0 Å². The summed E-state index contributed by atoms with van der Waals surface area (Å²) in [6.45, 7) is 12.4. The molecule has 2 heterocycles. The third-order valence-electron chi connectivity index (χ3n) is 6.51. The largest absolute Gasteiger partial charge is 0.512 e. The molecule has 1 radical (unpaired) electrons. The standard InChI is InChI=1S/C22H23N2S.C5H8O2.Ir/c1-21(2)11-12-22(3,4)18-14(21)9-10-16-20(18)25-17-8-6-7-15-19(17)24(16)13-23(15)5;1-4(6)3-5(2)7;/h6-9H,11-12H2,1-5H3;3,6H,1-2H3;/q+1;;/b;4-3-;. The van der Waals surface area contributed by atoms with Crippen LogP contribution in [0, 0.1) is 6.07 Å². The molecule has 2 aliphatic heterocycles. The molecule has 0 aromatic heterocycles. The van der Waals surface area contributed by atoms with Gasteiger partial charge in [0.15, 0.2) is 12.8 Å². The zero-order valence-corrected chi connectivity index (χ0v) is 23.5. The van der Waals surface area contributed by atoms with E-state index in [1.54, 1.807) is 0 Å². The monoisotopic (exact) mass is 640 g/mol. The summed E-state index contributed by atoms with van der Waals surface area (Å²) in [5.74, 6) is -0.0625. The zero-order chi connectivity index (χ0) is 23.4. The van der Waals surface area contributed by atoms with E-state index >= 15 is 0 Å². The van der Waals surface area contributed by atoms with Gasteiger partial charge in [-0.05, 0) is 36.6 Å². The molecular weight excluding hydrogens is 609 g/mol. The Morgan fingerprint density at radius 2 is 1.85 bits per heavy atom. The number of benzene rings is 2. The number of ketones is 1. The molecule has 3 aliphatic rings. The molecule has 0 fully saturated rings. The molecule has 2 aromatic carbocycles. The van der Waals surface area contributed by atoms with E-state index in [1.165, 1.54) is 70.7 Å². The third-order valence-corrected chi connectivity index (χ3v) is 7.66. The molecular formula is C27H31IrN2O2S+. The van der Waals surface area contributed by atoms with Crippen molar-refractivity contribution in [3.8, 4) is 0 Å². The Labute approximate surface area is 214 Å². The van der Waals surface area contributed by atoms with E-state index < -0.39 is 0 Å². The number of fused-ring (bicyclic) bond motifs is 4. The van der Waals surface area contributed by atoms with Crippen molar-refractivity contribution in [2.24, 2.45) is 0 Å². The maximum Gasteiger partial charge on any atom is 0.494 e. The summed E-state index contributed by atoms with van der Waals surface area (Å²) in [6.07, 6.45) is 3.62. The number of rotatable bonds is 1. The molecule has 0 saturated carbocycles. The van der Waals surface area contributed by atoms with Gasteiger partial charge in [-0.3, -0.25) is 4.79 Å². The second-order valence-electron chi connectivity index (χ2n) is 10.1. The molecule has 5 rings (SSSR count). The molecule has 2 aromatic rings. The molecule has 1 N–H and O–H groups in total. The van der Waals surface area contributed by atoms with Crippen LogP contribution >= 0.6 is 11.8 Å². The average molecular weight is 640 g/mol. The summed E-state index contributed by atoms with van der Waals surface area (Å²) >= 11 is 1.92. The van der Waals surface area contributed by atoms with Crippen molar-refractivity contribution < 1.29 is 34.6 Å². The number of carbonyl (C=O) groups is 1. The molecule has 4 nitrogen and oxygen atoms in total. The fraction of sp³-hybridized carbons (Fsp3) is 0.407. The van der Waals surface area contributed by atoms with Crippen LogP contribution in [0.25, 0.3) is 0 Å². The fourth-order valence-corrected chi connectivity index (χ4v) is 6.18. The molecule has 0 saturated heterocycles. The van der Waals surface area contributed by atoms with Crippen LogP contribution in [0.5, 0.6) is 0 Å². The summed E-state index contributed by atoms with van der Waals surface area (Å²) in [5.41, 5.74) is 7.05.